The summed E-state index contributed by atoms with van der Waals surface area (Å²) in [5, 5.41) is 20.4. The van der Waals surface area contributed by atoms with Crippen LogP contribution in [0.3, 0.4) is 0 Å². The second-order valence-electron chi connectivity index (χ2n) is 5.17. The molecule has 0 fully saturated rings. The summed E-state index contributed by atoms with van der Waals surface area (Å²) in [6.45, 7) is 0.197. The number of carbonyl (C=O) groups is 1. The number of rotatable bonds is 7. The van der Waals surface area contributed by atoms with Crippen molar-refractivity contribution < 1.29 is 14.6 Å². The lowest BCUT2D eigenvalue weighted by Gasteiger charge is -2.04. The Morgan fingerprint density at radius 3 is 2.83 bits per heavy atom. The molecule has 124 valence electrons. The summed E-state index contributed by atoms with van der Waals surface area (Å²) in [7, 11) is 1.60. The summed E-state index contributed by atoms with van der Waals surface area (Å²) < 4.78 is 6.42. The number of hydrogen-bond donors (Lipinski definition) is 2. The molecule has 0 unspecified atom stereocenters. The largest absolute Gasteiger partial charge is 0.480 e. The number of aromatic amines is 1. The molecule has 2 aromatic heterocycles. The molecular weight excluding hydrogens is 310 g/mol. The van der Waals surface area contributed by atoms with Gasteiger partial charge >= 0.3 is 5.97 Å². The number of hydrogen-bond acceptors (Lipinski definition) is 5. The average molecular weight is 327 g/mol. The standard InChI is InChI=1S/C16H17N5O3/c1-24-8-7-13-18-16(21(20-13)10-14(22)23)12-9-17-19-15(12)11-5-3-2-4-6-11/h2-6,9H,7-8,10H2,1H3,(H,17,19)(H,22,23). The Morgan fingerprint density at radius 2 is 2.12 bits per heavy atom. The number of benzene rings is 1. The van der Waals surface area contributed by atoms with Crippen LogP contribution in [0.4, 0.5) is 0 Å². The summed E-state index contributed by atoms with van der Waals surface area (Å²) >= 11 is 0. The zero-order valence-electron chi connectivity index (χ0n) is 13.1. The summed E-state index contributed by atoms with van der Waals surface area (Å²) in [4.78, 5) is 15.6. The number of aliphatic carboxylic acids is 1. The smallest absolute Gasteiger partial charge is 0.325 e. The van der Waals surface area contributed by atoms with Crippen molar-refractivity contribution in [2.24, 2.45) is 0 Å². The van der Waals surface area contributed by atoms with Crippen molar-refractivity contribution in [1.29, 1.82) is 0 Å². The first-order valence-corrected chi connectivity index (χ1v) is 7.42. The fourth-order valence-electron chi connectivity index (χ4n) is 2.41. The van der Waals surface area contributed by atoms with E-state index in [1.807, 2.05) is 30.3 Å². The molecular formula is C16H17N5O3. The highest BCUT2D eigenvalue weighted by Crippen LogP contribution is 2.28. The van der Waals surface area contributed by atoms with E-state index in [1.165, 1.54) is 4.68 Å². The first kappa shape index (κ1) is 15.9. The summed E-state index contributed by atoms with van der Waals surface area (Å²) in [5.41, 5.74) is 2.42. The molecule has 0 saturated carbocycles. The number of ether oxygens (including phenoxy) is 1. The maximum absolute atomic E-state index is 11.1. The lowest BCUT2D eigenvalue weighted by atomic mass is 10.1. The van der Waals surface area contributed by atoms with Gasteiger partial charge in [-0.15, -0.1) is 0 Å². The van der Waals surface area contributed by atoms with Gasteiger partial charge in [-0.05, 0) is 0 Å². The van der Waals surface area contributed by atoms with Crippen LogP contribution in [0.15, 0.2) is 36.5 Å². The van der Waals surface area contributed by atoms with Crippen molar-refractivity contribution >= 4 is 5.97 Å². The van der Waals surface area contributed by atoms with Gasteiger partial charge in [0.15, 0.2) is 11.6 Å². The van der Waals surface area contributed by atoms with Gasteiger partial charge in [-0.25, -0.2) is 9.67 Å². The molecule has 0 atom stereocenters. The van der Waals surface area contributed by atoms with Gasteiger partial charge in [0.25, 0.3) is 0 Å². The molecule has 8 nitrogen and oxygen atoms in total. The maximum Gasteiger partial charge on any atom is 0.325 e. The van der Waals surface area contributed by atoms with Gasteiger partial charge in [0.05, 0.1) is 24.1 Å². The molecule has 1 aromatic carbocycles. The molecule has 0 aliphatic heterocycles. The van der Waals surface area contributed by atoms with Crippen LogP contribution in [0.5, 0.6) is 0 Å². The molecule has 0 radical (unpaired) electrons. The molecule has 0 amide bonds. The SMILES string of the molecule is COCCc1nc(-c2cn[nH]c2-c2ccccc2)n(CC(=O)O)n1. The molecule has 0 aliphatic carbocycles. The second kappa shape index (κ2) is 7.05. The Kier molecular flexibility index (Phi) is 4.66. The van der Waals surface area contributed by atoms with E-state index in [0.717, 1.165) is 11.3 Å². The first-order valence-electron chi connectivity index (χ1n) is 7.42. The second-order valence-corrected chi connectivity index (χ2v) is 5.17. The molecule has 3 aromatic rings. The minimum absolute atomic E-state index is 0.269. The predicted molar refractivity (Wildman–Crippen MR) is 86.3 cm³/mol. The number of carboxylic acids is 1. The Labute approximate surface area is 138 Å². The highest BCUT2D eigenvalue weighted by atomic mass is 16.5. The van der Waals surface area contributed by atoms with E-state index >= 15 is 0 Å². The zero-order valence-corrected chi connectivity index (χ0v) is 13.1. The van der Waals surface area contributed by atoms with Crippen LogP contribution >= 0.6 is 0 Å². The van der Waals surface area contributed by atoms with Crippen molar-refractivity contribution in [3.8, 4) is 22.6 Å². The van der Waals surface area contributed by atoms with E-state index in [1.54, 1.807) is 13.3 Å². The molecule has 0 bridgehead atoms. The number of aromatic nitrogens is 5. The minimum atomic E-state index is -0.982. The van der Waals surface area contributed by atoms with Crippen LogP contribution < -0.4 is 0 Å². The minimum Gasteiger partial charge on any atom is -0.480 e. The van der Waals surface area contributed by atoms with Gasteiger partial charge in [0.1, 0.15) is 6.54 Å². The molecule has 0 spiro atoms. The number of H-pyrrole nitrogens is 1. The Morgan fingerprint density at radius 1 is 1.33 bits per heavy atom. The normalized spacial score (nSPS) is 10.9. The van der Waals surface area contributed by atoms with Gasteiger partial charge in [-0.3, -0.25) is 9.89 Å². The van der Waals surface area contributed by atoms with Crippen LogP contribution in [0.2, 0.25) is 0 Å². The third-order valence-electron chi connectivity index (χ3n) is 3.47. The van der Waals surface area contributed by atoms with Crippen LogP contribution in [-0.4, -0.2) is 49.8 Å². The van der Waals surface area contributed by atoms with Gasteiger partial charge in [-0.1, -0.05) is 30.3 Å². The third-order valence-corrected chi connectivity index (χ3v) is 3.47. The highest BCUT2D eigenvalue weighted by Gasteiger charge is 2.19. The Bertz CT molecular complexity index is 825. The van der Waals surface area contributed by atoms with Crippen molar-refractivity contribution in [3.05, 3.63) is 42.4 Å². The van der Waals surface area contributed by atoms with Crippen molar-refractivity contribution in [2.75, 3.05) is 13.7 Å². The van der Waals surface area contributed by atoms with Crippen LogP contribution in [0.1, 0.15) is 5.82 Å². The van der Waals surface area contributed by atoms with E-state index in [-0.39, 0.29) is 6.54 Å². The number of methoxy groups -OCH3 is 1. The summed E-state index contributed by atoms with van der Waals surface area (Å²) in [6.07, 6.45) is 2.14. The number of nitrogens with zero attached hydrogens (tertiary/aromatic N) is 4. The van der Waals surface area contributed by atoms with Crippen molar-refractivity contribution in [3.63, 3.8) is 0 Å². The summed E-state index contributed by atoms with van der Waals surface area (Å²) in [5.74, 6) is 0.0219. The number of nitrogens with one attached hydrogen (secondary N) is 1. The number of carboxylic acid groups (broad SMARTS) is 1. The van der Waals surface area contributed by atoms with Gasteiger partial charge < -0.3 is 9.84 Å². The van der Waals surface area contributed by atoms with Gasteiger partial charge in [0.2, 0.25) is 0 Å². The summed E-state index contributed by atoms with van der Waals surface area (Å²) in [6, 6.07) is 9.66. The molecule has 24 heavy (non-hydrogen) atoms. The first-order chi connectivity index (χ1) is 11.7. The lowest BCUT2D eigenvalue weighted by Crippen LogP contribution is -2.12. The molecule has 3 rings (SSSR count). The van der Waals surface area contributed by atoms with Crippen LogP contribution in [0, 0.1) is 0 Å². The van der Waals surface area contributed by atoms with E-state index in [9.17, 15) is 4.79 Å². The van der Waals surface area contributed by atoms with Crippen molar-refractivity contribution in [1.82, 2.24) is 25.0 Å². The molecule has 2 heterocycles. The zero-order chi connectivity index (χ0) is 16.9. The molecule has 2 N–H and O–H groups in total. The van der Waals surface area contributed by atoms with Crippen LogP contribution in [-0.2, 0) is 22.5 Å². The highest BCUT2D eigenvalue weighted by molar-refractivity contribution is 5.77. The quantitative estimate of drug-likeness (QED) is 0.683. The molecule has 8 heteroatoms. The topological polar surface area (TPSA) is 106 Å². The lowest BCUT2D eigenvalue weighted by molar-refractivity contribution is -0.137. The Hall–Kier alpha value is -3.00. The third kappa shape index (κ3) is 3.33. The predicted octanol–water partition coefficient (Wildman–Crippen LogP) is 1.61. The molecule has 0 aliphatic rings. The monoisotopic (exact) mass is 327 g/mol. The van der Waals surface area contributed by atoms with E-state index in [2.05, 4.69) is 20.3 Å². The van der Waals surface area contributed by atoms with E-state index in [4.69, 9.17) is 9.84 Å². The molecule has 0 saturated heterocycles. The average Bonchev–Trinajstić information content (AvgIpc) is 3.19. The fraction of sp³-hybridized carbons (Fsp3) is 0.250. The van der Waals surface area contributed by atoms with Crippen LogP contribution in [0.25, 0.3) is 22.6 Å². The van der Waals surface area contributed by atoms with Gasteiger partial charge in [0, 0.05) is 19.1 Å². The Balaban J connectivity index is 2.04. The fourth-order valence-corrected chi connectivity index (χ4v) is 2.41. The van der Waals surface area contributed by atoms with Crippen molar-refractivity contribution in [2.45, 2.75) is 13.0 Å². The van der Waals surface area contributed by atoms with E-state index < -0.39 is 5.97 Å². The van der Waals surface area contributed by atoms with E-state index in [0.29, 0.717) is 30.2 Å². The maximum atomic E-state index is 11.1. The van der Waals surface area contributed by atoms with Gasteiger partial charge in [-0.2, -0.15) is 10.2 Å².